The molecule has 28 heavy (non-hydrogen) atoms. The number of carbonyl (C=O) groups is 1. The molecule has 0 aliphatic carbocycles. The fraction of sp³-hybridized carbons (Fsp3) is 0.684. The van der Waals surface area contributed by atoms with Gasteiger partial charge in [-0.1, -0.05) is 0 Å². The first-order valence-corrected chi connectivity index (χ1v) is 10.3. The topological polar surface area (TPSA) is 89.0 Å². The van der Waals surface area contributed by atoms with Gasteiger partial charge in [0.15, 0.2) is 5.96 Å². The number of nitrogens with one attached hydrogen (secondary N) is 2. The number of piperazine rings is 1. The minimum atomic E-state index is 0.119. The Bertz CT molecular complexity index is 624. The van der Waals surface area contributed by atoms with Crippen LogP contribution in [0, 0.1) is 0 Å². The number of carbonyl (C=O) groups excluding carboxylic acids is 1. The van der Waals surface area contributed by atoms with E-state index in [2.05, 4.69) is 35.4 Å². The predicted octanol–water partition coefficient (Wildman–Crippen LogP) is -0.224. The molecule has 0 aromatic carbocycles. The van der Waals surface area contributed by atoms with Crippen molar-refractivity contribution in [1.82, 2.24) is 30.4 Å². The maximum atomic E-state index is 12.2. The van der Waals surface area contributed by atoms with Crippen LogP contribution in [0.15, 0.2) is 23.5 Å². The van der Waals surface area contributed by atoms with Gasteiger partial charge in [0.05, 0.1) is 0 Å². The predicted molar refractivity (Wildman–Crippen MR) is 110 cm³/mol. The number of rotatable bonds is 7. The van der Waals surface area contributed by atoms with Gasteiger partial charge in [-0.25, -0.2) is 15.0 Å². The summed E-state index contributed by atoms with van der Waals surface area (Å²) in [5.41, 5.74) is 0. The largest absolute Gasteiger partial charge is 0.357 e. The Labute approximate surface area is 167 Å². The lowest BCUT2D eigenvalue weighted by Crippen LogP contribution is -2.49. The van der Waals surface area contributed by atoms with E-state index < -0.39 is 0 Å². The van der Waals surface area contributed by atoms with Crippen LogP contribution in [0.1, 0.15) is 19.8 Å². The first-order valence-electron chi connectivity index (χ1n) is 10.3. The molecule has 0 unspecified atom stereocenters. The van der Waals surface area contributed by atoms with Gasteiger partial charge >= 0.3 is 0 Å². The molecule has 0 bridgehead atoms. The van der Waals surface area contributed by atoms with Crippen molar-refractivity contribution in [1.29, 1.82) is 0 Å². The number of likely N-dealkylation sites (tertiary alicyclic amines) is 1. The van der Waals surface area contributed by atoms with E-state index in [1.807, 2.05) is 17.9 Å². The quantitative estimate of drug-likeness (QED) is 0.493. The van der Waals surface area contributed by atoms with Crippen LogP contribution in [0.4, 0.5) is 5.95 Å². The van der Waals surface area contributed by atoms with Gasteiger partial charge in [0.2, 0.25) is 11.9 Å². The highest BCUT2D eigenvalue weighted by molar-refractivity contribution is 5.85. The molecule has 1 aromatic rings. The van der Waals surface area contributed by atoms with Crippen molar-refractivity contribution in [3.8, 4) is 0 Å². The molecular weight excluding hydrogens is 356 g/mol. The van der Waals surface area contributed by atoms with Gasteiger partial charge in [0, 0.05) is 71.3 Å². The van der Waals surface area contributed by atoms with Gasteiger partial charge in [0.1, 0.15) is 6.54 Å². The summed E-state index contributed by atoms with van der Waals surface area (Å²) < 4.78 is 0. The van der Waals surface area contributed by atoms with Crippen LogP contribution in [0.25, 0.3) is 0 Å². The smallest absolute Gasteiger partial charge is 0.244 e. The van der Waals surface area contributed by atoms with E-state index in [-0.39, 0.29) is 12.5 Å². The van der Waals surface area contributed by atoms with E-state index in [4.69, 9.17) is 0 Å². The van der Waals surface area contributed by atoms with Crippen molar-refractivity contribution in [2.24, 2.45) is 4.99 Å². The second-order valence-electron chi connectivity index (χ2n) is 7.09. The minimum Gasteiger partial charge on any atom is -0.357 e. The molecule has 3 heterocycles. The Morgan fingerprint density at radius 1 is 1.07 bits per heavy atom. The molecule has 2 aliphatic rings. The second-order valence-corrected chi connectivity index (χ2v) is 7.09. The summed E-state index contributed by atoms with van der Waals surface area (Å²) in [6.45, 7) is 10.3. The van der Waals surface area contributed by atoms with E-state index in [0.717, 1.165) is 77.7 Å². The molecule has 0 radical (unpaired) electrons. The number of anilines is 1. The van der Waals surface area contributed by atoms with Gasteiger partial charge in [-0.3, -0.25) is 9.69 Å². The summed E-state index contributed by atoms with van der Waals surface area (Å²) in [5.74, 6) is 1.64. The standard InChI is InChI=1S/C19H32N8O/c1-2-20-18(24-16-17(28)26-9-3-4-10-26)21-8-11-25-12-14-27(15-13-25)19-22-6-5-7-23-19/h5-7H,2-4,8-16H2,1H3,(H2,20,21,24). The summed E-state index contributed by atoms with van der Waals surface area (Å²) in [5, 5.41) is 6.56. The maximum absolute atomic E-state index is 12.2. The molecule has 0 atom stereocenters. The van der Waals surface area contributed by atoms with Crippen LogP contribution >= 0.6 is 0 Å². The number of hydrogen-bond acceptors (Lipinski definition) is 6. The molecule has 9 nitrogen and oxygen atoms in total. The lowest BCUT2D eigenvalue weighted by molar-refractivity contribution is -0.128. The molecule has 0 spiro atoms. The zero-order valence-electron chi connectivity index (χ0n) is 16.8. The number of hydrogen-bond donors (Lipinski definition) is 2. The average molecular weight is 389 g/mol. The summed E-state index contributed by atoms with van der Waals surface area (Å²) >= 11 is 0. The highest BCUT2D eigenvalue weighted by Gasteiger charge is 2.19. The Hall–Kier alpha value is -2.42. The second kappa shape index (κ2) is 10.8. The molecule has 1 aromatic heterocycles. The normalized spacial score (nSPS) is 18.4. The highest BCUT2D eigenvalue weighted by Crippen LogP contribution is 2.09. The summed E-state index contributed by atoms with van der Waals surface area (Å²) in [6, 6.07) is 1.84. The third-order valence-electron chi connectivity index (χ3n) is 5.10. The Morgan fingerprint density at radius 2 is 1.79 bits per heavy atom. The number of nitrogens with zero attached hydrogens (tertiary/aromatic N) is 6. The highest BCUT2D eigenvalue weighted by atomic mass is 16.2. The molecule has 2 saturated heterocycles. The zero-order valence-corrected chi connectivity index (χ0v) is 16.8. The summed E-state index contributed by atoms with van der Waals surface area (Å²) in [7, 11) is 0. The van der Waals surface area contributed by atoms with Crippen molar-refractivity contribution < 1.29 is 4.79 Å². The fourth-order valence-electron chi connectivity index (χ4n) is 3.51. The van der Waals surface area contributed by atoms with E-state index in [0.29, 0.717) is 5.96 Å². The van der Waals surface area contributed by atoms with Gasteiger partial charge in [-0.05, 0) is 25.8 Å². The lowest BCUT2D eigenvalue weighted by Gasteiger charge is -2.34. The minimum absolute atomic E-state index is 0.119. The Morgan fingerprint density at radius 3 is 2.46 bits per heavy atom. The number of amides is 1. The van der Waals surface area contributed by atoms with Gasteiger partial charge < -0.3 is 20.4 Å². The SMILES string of the molecule is CCNC(=NCC(=O)N1CCCC1)NCCN1CCN(c2ncccn2)CC1. The van der Waals surface area contributed by atoms with Crippen molar-refractivity contribution in [2.45, 2.75) is 19.8 Å². The van der Waals surface area contributed by atoms with Crippen LogP contribution in [-0.4, -0.2) is 97.1 Å². The number of aromatic nitrogens is 2. The number of guanidine groups is 1. The fourth-order valence-corrected chi connectivity index (χ4v) is 3.51. The monoisotopic (exact) mass is 388 g/mol. The maximum Gasteiger partial charge on any atom is 0.244 e. The van der Waals surface area contributed by atoms with Crippen molar-refractivity contribution >= 4 is 17.8 Å². The van der Waals surface area contributed by atoms with Crippen LogP contribution in [-0.2, 0) is 4.79 Å². The third kappa shape index (κ3) is 6.05. The molecule has 0 saturated carbocycles. The van der Waals surface area contributed by atoms with Crippen LogP contribution in [0.5, 0.6) is 0 Å². The van der Waals surface area contributed by atoms with Crippen LogP contribution in [0.3, 0.4) is 0 Å². The molecule has 9 heteroatoms. The molecule has 3 rings (SSSR count). The average Bonchev–Trinajstić information content (AvgIpc) is 3.28. The Balaban J connectivity index is 1.37. The van der Waals surface area contributed by atoms with Crippen LogP contribution < -0.4 is 15.5 Å². The van der Waals surface area contributed by atoms with Crippen molar-refractivity contribution in [2.75, 3.05) is 70.3 Å². The van der Waals surface area contributed by atoms with Crippen molar-refractivity contribution in [3.63, 3.8) is 0 Å². The van der Waals surface area contributed by atoms with E-state index >= 15 is 0 Å². The first-order chi connectivity index (χ1) is 13.8. The lowest BCUT2D eigenvalue weighted by atomic mass is 10.3. The summed E-state index contributed by atoms with van der Waals surface area (Å²) in [4.78, 5) is 31.8. The molecular formula is C19H32N8O. The summed E-state index contributed by atoms with van der Waals surface area (Å²) in [6.07, 6.45) is 5.79. The zero-order chi connectivity index (χ0) is 19.6. The molecule has 2 N–H and O–H groups in total. The molecule has 1 amide bonds. The van der Waals surface area contributed by atoms with E-state index in [9.17, 15) is 4.79 Å². The first kappa shape index (κ1) is 20.3. The van der Waals surface area contributed by atoms with Crippen molar-refractivity contribution in [3.05, 3.63) is 18.5 Å². The molecule has 154 valence electrons. The van der Waals surface area contributed by atoms with E-state index in [1.165, 1.54) is 0 Å². The molecule has 2 fully saturated rings. The number of aliphatic imine (C=N–C) groups is 1. The van der Waals surface area contributed by atoms with Gasteiger partial charge in [0.25, 0.3) is 0 Å². The Kier molecular flexibility index (Phi) is 7.83. The van der Waals surface area contributed by atoms with Gasteiger partial charge in [-0.2, -0.15) is 0 Å². The molecule has 2 aliphatic heterocycles. The van der Waals surface area contributed by atoms with E-state index in [1.54, 1.807) is 12.4 Å². The third-order valence-corrected chi connectivity index (χ3v) is 5.10. The van der Waals surface area contributed by atoms with Gasteiger partial charge in [-0.15, -0.1) is 0 Å². The van der Waals surface area contributed by atoms with Crippen LogP contribution in [0.2, 0.25) is 0 Å².